The van der Waals surface area contributed by atoms with E-state index in [-0.39, 0.29) is 18.0 Å². The first kappa shape index (κ1) is 19.7. The van der Waals surface area contributed by atoms with Gasteiger partial charge in [-0.1, -0.05) is 19.3 Å². The van der Waals surface area contributed by atoms with Gasteiger partial charge in [-0.2, -0.15) is 0 Å². The highest BCUT2D eigenvalue weighted by Gasteiger charge is 2.26. The van der Waals surface area contributed by atoms with Crippen LogP contribution in [-0.4, -0.2) is 60.0 Å². The Labute approximate surface area is 171 Å². The van der Waals surface area contributed by atoms with E-state index in [2.05, 4.69) is 27.0 Å². The van der Waals surface area contributed by atoms with Gasteiger partial charge in [0.15, 0.2) is 0 Å². The van der Waals surface area contributed by atoms with Gasteiger partial charge in [-0.3, -0.25) is 9.69 Å². The lowest BCUT2D eigenvalue weighted by molar-refractivity contribution is -0.133. The Balaban J connectivity index is 1.16. The number of piperidine rings is 1. The van der Waals surface area contributed by atoms with Crippen LogP contribution >= 0.6 is 11.3 Å². The fraction of sp³-hybridized carbons (Fsp3) is 0.714. The molecule has 1 aromatic rings. The third-order valence-electron chi connectivity index (χ3n) is 6.38. The summed E-state index contributed by atoms with van der Waals surface area (Å²) in [4.78, 5) is 30.6. The molecule has 1 saturated carbocycles. The lowest BCUT2D eigenvalue weighted by Gasteiger charge is -2.34. The Morgan fingerprint density at radius 3 is 2.46 bits per heavy atom. The predicted molar refractivity (Wildman–Crippen MR) is 111 cm³/mol. The first-order valence-electron chi connectivity index (χ1n) is 10.8. The zero-order valence-electron chi connectivity index (χ0n) is 16.6. The van der Waals surface area contributed by atoms with E-state index in [0.717, 1.165) is 58.3 Å². The standard InChI is InChI=1S/C21H32N4O2S/c26-20(25-12-8-19-16(14-25)9-13-28-19)15-24-10-6-18(7-11-24)23-21(27)22-17-4-2-1-3-5-17/h9,13,17-18H,1-8,10-12,14-15H2,(H2,22,23,27). The molecule has 0 unspecified atom stereocenters. The quantitative estimate of drug-likeness (QED) is 0.811. The SMILES string of the molecule is O=C(NC1CCCCC1)NC1CCN(CC(=O)N2CCc3sccc3C2)CC1. The molecule has 1 aromatic heterocycles. The minimum absolute atomic E-state index is 0.0127. The van der Waals surface area contributed by atoms with Crippen LogP contribution < -0.4 is 10.6 Å². The first-order chi connectivity index (χ1) is 13.7. The molecule has 0 atom stereocenters. The van der Waals surface area contributed by atoms with Gasteiger partial charge in [-0.15, -0.1) is 11.3 Å². The summed E-state index contributed by atoms with van der Waals surface area (Å²) in [5, 5.41) is 8.40. The molecule has 2 fully saturated rings. The van der Waals surface area contributed by atoms with Gasteiger partial charge in [0.25, 0.3) is 0 Å². The molecule has 154 valence electrons. The second-order valence-corrected chi connectivity index (χ2v) is 9.44. The molecule has 0 aromatic carbocycles. The van der Waals surface area contributed by atoms with Crippen LogP contribution in [-0.2, 0) is 17.8 Å². The average Bonchev–Trinajstić information content (AvgIpc) is 3.18. The summed E-state index contributed by atoms with van der Waals surface area (Å²) < 4.78 is 0. The smallest absolute Gasteiger partial charge is 0.315 e. The average molecular weight is 405 g/mol. The van der Waals surface area contributed by atoms with Crippen molar-refractivity contribution in [2.75, 3.05) is 26.2 Å². The van der Waals surface area contributed by atoms with Crippen molar-refractivity contribution in [3.05, 3.63) is 21.9 Å². The minimum atomic E-state index is -0.0127. The summed E-state index contributed by atoms with van der Waals surface area (Å²) in [7, 11) is 0. The Morgan fingerprint density at radius 1 is 1.00 bits per heavy atom. The van der Waals surface area contributed by atoms with Gasteiger partial charge in [0.1, 0.15) is 0 Å². The fourth-order valence-electron chi connectivity index (χ4n) is 4.65. The number of rotatable bonds is 4. The van der Waals surface area contributed by atoms with Gasteiger partial charge in [0.05, 0.1) is 6.54 Å². The van der Waals surface area contributed by atoms with Crippen molar-refractivity contribution in [3.8, 4) is 0 Å². The van der Waals surface area contributed by atoms with Crippen LogP contribution in [0.15, 0.2) is 11.4 Å². The highest BCUT2D eigenvalue weighted by molar-refractivity contribution is 7.10. The first-order valence-corrected chi connectivity index (χ1v) is 11.7. The van der Waals surface area contributed by atoms with Crippen LogP contribution in [0.25, 0.3) is 0 Å². The number of nitrogens with zero attached hydrogens (tertiary/aromatic N) is 2. The van der Waals surface area contributed by atoms with E-state index in [9.17, 15) is 9.59 Å². The molecular weight excluding hydrogens is 372 g/mol. The summed E-state index contributed by atoms with van der Waals surface area (Å²) >= 11 is 1.80. The number of carbonyl (C=O) groups is 2. The number of hydrogen-bond donors (Lipinski definition) is 2. The van der Waals surface area contributed by atoms with Crippen LogP contribution in [0.1, 0.15) is 55.4 Å². The number of likely N-dealkylation sites (tertiary alicyclic amines) is 1. The van der Waals surface area contributed by atoms with Crippen molar-refractivity contribution in [1.29, 1.82) is 0 Å². The van der Waals surface area contributed by atoms with Gasteiger partial charge in [-0.25, -0.2) is 4.79 Å². The number of nitrogens with one attached hydrogen (secondary N) is 2. The Bertz CT molecular complexity index is 678. The normalized spacial score (nSPS) is 21.9. The third kappa shape index (κ3) is 5.06. The number of urea groups is 1. The van der Waals surface area contributed by atoms with Gasteiger partial charge in [-0.05, 0) is 49.1 Å². The Kier molecular flexibility index (Phi) is 6.52. The van der Waals surface area contributed by atoms with Crippen LogP contribution in [0, 0.1) is 0 Å². The lowest BCUT2D eigenvalue weighted by Crippen LogP contribution is -2.51. The van der Waals surface area contributed by atoms with Crippen molar-refractivity contribution in [2.45, 2.75) is 70.0 Å². The molecule has 0 radical (unpaired) electrons. The third-order valence-corrected chi connectivity index (χ3v) is 7.41. The summed E-state index contributed by atoms with van der Waals surface area (Å²) in [6.45, 7) is 3.85. The molecule has 4 rings (SSSR count). The molecule has 7 heteroatoms. The van der Waals surface area contributed by atoms with E-state index in [1.54, 1.807) is 11.3 Å². The van der Waals surface area contributed by atoms with E-state index in [1.807, 2.05) is 4.90 Å². The maximum Gasteiger partial charge on any atom is 0.315 e. The van der Waals surface area contributed by atoms with E-state index in [0.29, 0.717) is 12.6 Å². The zero-order valence-corrected chi connectivity index (χ0v) is 17.4. The van der Waals surface area contributed by atoms with E-state index in [4.69, 9.17) is 0 Å². The summed E-state index contributed by atoms with van der Waals surface area (Å²) in [6.07, 6.45) is 8.78. The molecule has 1 saturated heterocycles. The predicted octanol–water partition coefficient (Wildman–Crippen LogP) is 2.73. The second-order valence-electron chi connectivity index (χ2n) is 8.44. The van der Waals surface area contributed by atoms with Gasteiger partial charge < -0.3 is 15.5 Å². The van der Waals surface area contributed by atoms with E-state index >= 15 is 0 Å². The second kappa shape index (κ2) is 9.27. The van der Waals surface area contributed by atoms with Crippen molar-refractivity contribution >= 4 is 23.3 Å². The number of fused-ring (bicyclic) bond motifs is 1. The van der Waals surface area contributed by atoms with Gasteiger partial charge in [0.2, 0.25) is 5.91 Å². The molecule has 0 bridgehead atoms. The molecule has 28 heavy (non-hydrogen) atoms. The monoisotopic (exact) mass is 404 g/mol. The molecule has 2 aliphatic heterocycles. The molecule has 0 spiro atoms. The van der Waals surface area contributed by atoms with Crippen LogP contribution in [0.5, 0.6) is 0 Å². The molecular formula is C21H32N4O2S. The van der Waals surface area contributed by atoms with Crippen LogP contribution in [0.4, 0.5) is 4.79 Å². The maximum atomic E-state index is 12.7. The maximum absolute atomic E-state index is 12.7. The molecule has 3 aliphatic rings. The Morgan fingerprint density at radius 2 is 1.71 bits per heavy atom. The topological polar surface area (TPSA) is 64.7 Å². The summed E-state index contributed by atoms with van der Waals surface area (Å²) in [5.41, 5.74) is 1.32. The fourth-order valence-corrected chi connectivity index (χ4v) is 5.54. The van der Waals surface area contributed by atoms with Crippen molar-refractivity contribution < 1.29 is 9.59 Å². The number of hydrogen-bond acceptors (Lipinski definition) is 4. The highest BCUT2D eigenvalue weighted by Crippen LogP contribution is 2.24. The number of thiophene rings is 1. The molecule has 1 aliphatic carbocycles. The van der Waals surface area contributed by atoms with Gasteiger partial charge >= 0.3 is 6.03 Å². The van der Waals surface area contributed by atoms with Crippen LogP contribution in [0.3, 0.4) is 0 Å². The van der Waals surface area contributed by atoms with Crippen molar-refractivity contribution in [3.63, 3.8) is 0 Å². The molecule has 3 amide bonds. The highest BCUT2D eigenvalue weighted by atomic mass is 32.1. The van der Waals surface area contributed by atoms with E-state index < -0.39 is 0 Å². The van der Waals surface area contributed by atoms with Crippen LogP contribution in [0.2, 0.25) is 0 Å². The minimum Gasteiger partial charge on any atom is -0.337 e. The zero-order chi connectivity index (χ0) is 19.3. The number of carbonyl (C=O) groups excluding carboxylic acids is 2. The van der Waals surface area contributed by atoms with Crippen molar-refractivity contribution in [2.24, 2.45) is 0 Å². The summed E-state index contributed by atoms with van der Waals surface area (Å²) in [6, 6.07) is 2.70. The van der Waals surface area contributed by atoms with E-state index in [1.165, 1.54) is 29.7 Å². The molecule has 6 nitrogen and oxygen atoms in total. The Hall–Kier alpha value is -1.60. The lowest BCUT2D eigenvalue weighted by atomic mass is 9.96. The number of amides is 3. The largest absolute Gasteiger partial charge is 0.337 e. The molecule has 3 heterocycles. The molecule has 2 N–H and O–H groups in total. The van der Waals surface area contributed by atoms with Gasteiger partial charge in [0, 0.05) is 43.1 Å². The summed E-state index contributed by atoms with van der Waals surface area (Å²) in [5.74, 6) is 0.235. The van der Waals surface area contributed by atoms with Crippen molar-refractivity contribution in [1.82, 2.24) is 20.4 Å².